The van der Waals surface area contributed by atoms with Gasteiger partial charge in [-0.05, 0) is 55.6 Å². The van der Waals surface area contributed by atoms with Crippen molar-refractivity contribution in [2.45, 2.75) is 13.8 Å². The molecule has 1 amide bonds. The van der Waals surface area contributed by atoms with Crippen LogP contribution in [0.4, 0.5) is 11.4 Å². The van der Waals surface area contributed by atoms with E-state index in [1.165, 1.54) is 5.69 Å². The monoisotopic (exact) mass is 313 g/mol. The number of fused-ring (bicyclic) bond motifs is 1. The number of benzene rings is 1. The van der Waals surface area contributed by atoms with E-state index in [0.29, 0.717) is 5.69 Å². The molecule has 0 atom stereocenters. The predicted molar refractivity (Wildman–Crippen MR) is 94.1 cm³/mol. The molecule has 5 heteroatoms. The first-order chi connectivity index (χ1) is 10.7. The number of amides is 1. The molecule has 114 valence electrons. The zero-order chi connectivity index (χ0) is 15.5. The van der Waals surface area contributed by atoms with Crippen LogP contribution in [0.25, 0.3) is 10.2 Å². The molecular formula is C17H19N3OS. The molecular weight excluding hydrogens is 294 g/mol. The number of hydrogen-bond donors (Lipinski definition) is 2. The number of aromatic amines is 1. The van der Waals surface area contributed by atoms with Crippen LogP contribution in [0.5, 0.6) is 0 Å². The van der Waals surface area contributed by atoms with E-state index in [1.54, 1.807) is 11.3 Å². The smallest absolute Gasteiger partial charge is 0.272 e. The lowest BCUT2D eigenvalue weighted by molar-refractivity contribution is 0.102. The van der Waals surface area contributed by atoms with Gasteiger partial charge in [0.25, 0.3) is 5.91 Å². The molecule has 0 radical (unpaired) electrons. The van der Waals surface area contributed by atoms with Crippen molar-refractivity contribution in [3.05, 3.63) is 47.5 Å². The fourth-order valence-electron chi connectivity index (χ4n) is 2.51. The molecule has 0 aliphatic rings. The minimum atomic E-state index is -0.112. The molecule has 2 N–H and O–H groups in total. The van der Waals surface area contributed by atoms with Gasteiger partial charge in [-0.1, -0.05) is 0 Å². The van der Waals surface area contributed by atoms with Crippen LogP contribution in [0.3, 0.4) is 0 Å². The van der Waals surface area contributed by atoms with Gasteiger partial charge in [0.05, 0.1) is 10.2 Å². The Hall–Kier alpha value is -2.27. The van der Waals surface area contributed by atoms with Crippen molar-refractivity contribution in [2.24, 2.45) is 0 Å². The Labute approximate surface area is 133 Å². The van der Waals surface area contributed by atoms with Crippen molar-refractivity contribution in [3.8, 4) is 0 Å². The molecule has 4 nitrogen and oxygen atoms in total. The zero-order valence-corrected chi connectivity index (χ0v) is 13.5. The normalized spacial score (nSPS) is 10.8. The first-order valence-corrected chi connectivity index (χ1v) is 8.31. The van der Waals surface area contributed by atoms with Gasteiger partial charge in [0.1, 0.15) is 5.69 Å². The van der Waals surface area contributed by atoms with Gasteiger partial charge < -0.3 is 15.2 Å². The minimum Gasteiger partial charge on any atom is -0.372 e. The second kappa shape index (κ2) is 6.23. The van der Waals surface area contributed by atoms with Crippen LogP contribution in [0, 0.1) is 0 Å². The molecule has 0 aliphatic carbocycles. The number of nitrogens with zero attached hydrogens (tertiary/aromatic N) is 1. The highest BCUT2D eigenvalue weighted by molar-refractivity contribution is 7.17. The van der Waals surface area contributed by atoms with Crippen molar-refractivity contribution in [1.29, 1.82) is 0 Å². The van der Waals surface area contributed by atoms with Crippen LogP contribution in [0.1, 0.15) is 24.3 Å². The first kappa shape index (κ1) is 14.7. The van der Waals surface area contributed by atoms with E-state index in [4.69, 9.17) is 0 Å². The summed E-state index contributed by atoms with van der Waals surface area (Å²) in [7, 11) is 0. The highest BCUT2D eigenvalue weighted by Crippen LogP contribution is 2.22. The molecule has 0 saturated carbocycles. The topological polar surface area (TPSA) is 48.1 Å². The molecule has 22 heavy (non-hydrogen) atoms. The third kappa shape index (κ3) is 2.85. The summed E-state index contributed by atoms with van der Waals surface area (Å²) >= 11 is 1.63. The summed E-state index contributed by atoms with van der Waals surface area (Å²) in [5.74, 6) is -0.112. The molecule has 0 spiro atoms. The highest BCUT2D eigenvalue weighted by Gasteiger charge is 2.10. The van der Waals surface area contributed by atoms with Gasteiger partial charge in [0, 0.05) is 24.5 Å². The maximum absolute atomic E-state index is 12.3. The summed E-state index contributed by atoms with van der Waals surface area (Å²) in [5, 5.41) is 4.94. The second-order valence-corrected chi connectivity index (χ2v) is 6.00. The number of aromatic nitrogens is 1. The maximum Gasteiger partial charge on any atom is 0.272 e. The number of anilines is 2. The lowest BCUT2D eigenvalue weighted by Crippen LogP contribution is -2.21. The van der Waals surface area contributed by atoms with Gasteiger partial charge in [0.2, 0.25) is 0 Å². The summed E-state index contributed by atoms with van der Waals surface area (Å²) in [5.41, 5.74) is 3.57. The molecule has 3 aromatic rings. The third-order valence-corrected chi connectivity index (χ3v) is 4.60. The second-order valence-electron chi connectivity index (χ2n) is 5.05. The molecule has 0 unspecified atom stereocenters. The summed E-state index contributed by atoms with van der Waals surface area (Å²) in [6.07, 6.45) is 0. The van der Waals surface area contributed by atoms with Crippen LogP contribution in [-0.4, -0.2) is 24.0 Å². The number of carbonyl (C=O) groups is 1. The number of thiophene rings is 1. The number of rotatable bonds is 5. The highest BCUT2D eigenvalue weighted by atomic mass is 32.1. The molecule has 3 rings (SSSR count). The molecule has 0 fully saturated rings. The maximum atomic E-state index is 12.3. The summed E-state index contributed by atoms with van der Waals surface area (Å²) in [6.45, 7) is 6.22. The van der Waals surface area contributed by atoms with Crippen LogP contribution in [0.2, 0.25) is 0 Å². The Morgan fingerprint density at radius 3 is 2.55 bits per heavy atom. The Bertz CT molecular complexity index is 740. The SMILES string of the molecule is CCN(CC)c1ccc(NC(=O)c2cc3sccc3[nH]2)cc1. The molecule has 2 aromatic heterocycles. The van der Waals surface area contributed by atoms with E-state index >= 15 is 0 Å². The van der Waals surface area contributed by atoms with Crippen molar-refractivity contribution in [1.82, 2.24) is 4.98 Å². The Morgan fingerprint density at radius 2 is 1.91 bits per heavy atom. The van der Waals surface area contributed by atoms with Crippen LogP contribution in [-0.2, 0) is 0 Å². The van der Waals surface area contributed by atoms with Crippen molar-refractivity contribution in [2.75, 3.05) is 23.3 Å². The fourth-order valence-corrected chi connectivity index (χ4v) is 3.30. The number of H-pyrrole nitrogens is 1. The van der Waals surface area contributed by atoms with Gasteiger partial charge in [-0.2, -0.15) is 0 Å². The molecule has 1 aromatic carbocycles. The minimum absolute atomic E-state index is 0.112. The summed E-state index contributed by atoms with van der Waals surface area (Å²) in [6, 6.07) is 11.8. The van der Waals surface area contributed by atoms with E-state index in [1.807, 2.05) is 41.8 Å². The van der Waals surface area contributed by atoms with E-state index in [2.05, 4.69) is 29.0 Å². The van der Waals surface area contributed by atoms with Crippen molar-refractivity contribution < 1.29 is 4.79 Å². The summed E-state index contributed by atoms with van der Waals surface area (Å²) < 4.78 is 1.10. The third-order valence-electron chi connectivity index (χ3n) is 3.74. The van der Waals surface area contributed by atoms with Crippen molar-refractivity contribution >= 4 is 38.8 Å². The van der Waals surface area contributed by atoms with Crippen LogP contribution >= 0.6 is 11.3 Å². The van der Waals surface area contributed by atoms with E-state index < -0.39 is 0 Å². The van der Waals surface area contributed by atoms with Crippen molar-refractivity contribution in [3.63, 3.8) is 0 Å². The largest absolute Gasteiger partial charge is 0.372 e. The van der Waals surface area contributed by atoms with Gasteiger partial charge in [-0.25, -0.2) is 0 Å². The molecule has 2 heterocycles. The van der Waals surface area contributed by atoms with E-state index in [-0.39, 0.29) is 5.91 Å². The average molecular weight is 313 g/mol. The molecule has 0 saturated heterocycles. The standard InChI is InChI=1S/C17H19N3OS/c1-3-20(4-2)13-7-5-12(6-8-13)18-17(21)15-11-16-14(19-15)9-10-22-16/h5-11,19H,3-4H2,1-2H3,(H,18,21). The number of hydrogen-bond acceptors (Lipinski definition) is 3. The number of carbonyl (C=O) groups excluding carboxylic acids is 1. The van der Waals surface area contributed by atoms with E-state index in [0.717, 1.165) is 29.0 Å². The first-order valence-electron chi connectivity index (χ1n) is 7.43. The zero-order valence-electron chi connectivity index (χ0n) is 12.7. The molecule has 0 bridgehead atoms. The van der Waals surface area contributed by atoms with Gasteiger partial charge in [0.15, 0.2) is 0 Å². The predicted octanol–water partition coefficient (Wildman–Crippen LogP) is 4.33. The lowest BCUT2D eigenvalue weighted by Gasteiger charge is -2.21. The lowest BCUT2D eigenvalue weighted by atomic mass is 10.2. The van der Waals surface area contributed by atoms with Gasteiger partial charge >= 0.3 is 0 Å². The van der Waals surface area contributed by atoms with Gasteiger partial charge in [-0.3, -0.25) is 4.79 Å². The Kier molecular flexibility index (Phi) is 4.15. The fraction of sp³-hybridized carbons (Fsp3) is 0.235. The Morgan fingerprint density at radius 1 is 1.18 bits per heavy atom. The van der Waals surface area contributed by atoms with Crippen LogP contribution < -0.4 is 10.2 Å². The number of nitrogens with one attached hydrogen (secondary N) is 2. The van der Waals surface area contributed by atoms with Crippen LogP contribution in [0.15, 0.2) is 41.8 Å². The average Bonchev–Trinajstić information content (AvgIpc) is 3.11. The molecule has 0 aliphatic heterocycles. The quantitative estimate of drug-likeness (QED) is 0.736. The van der Waals surface area contributed by atoms with E-state index in [9.17, 15) is 4.79 Å². The summed E-state index contributed by atoms with van der Waals surface area (Å²) in [4.78, 5) is 17.7. The van der Waals surface area contributed by atoms with Gasteiger partial charge in [-0.15, -0.1) is 11.3 Å². The Balaban J connectivity index is 1.72.